The second kappa shape index (κ2) is 34.8. The van der Waals surface area contributed by atoms with E-state index in [1.54, 1.807) is 40.1 Å². The van der Waals surface area contributed by atoms with Crippen LogP contribution in [0, 0.1) is 35.5 Å². The highest BCUT2D eigenvalue weighted by molar-refractivity contribution is 6.39. The molecule has 0 radical (unpaired) electrons. The Morgan fingerprint density at radius 3 is 2.28 bits per heavy atom. The number of allylic oxidation sites excluding steroid dienone is 5. The molecule has 5 aliphatic heterocycles. The van der Waals surface area contributed by atoms with Gasteiger partial charge >= 0.3 is 12.1 Å². The average molecular weight is 1260 g/mol. The number of ether oxygens (including phenoxy) is 8. The van der Waals surface area contributed by atoms with Crippen LogP contribution in [0.4, 0.5) is 10.7 Å². The Labute approximate surface area is 535 Å². The molecule has 16 atom stereocenters. The number of hydrogen-bond donors (Lipinski definition) is 2. The summed E-state index contributed by atoms with van der Waals surface area (Å²) in [4.78, 5) is 89.3. The zero-order valence-corrected chi connectivity index (χ0v) is 56.1. The van der Waals surface area contributed by atoms with Crippen LogP contribution in [0.15, 0.2) is 53.8 Å². The number of amides is 2. The third-order valence-electron chi connectivity index (χ3n) is 19.9. The monoisotopic (exact) mass is 1260 g/mol. The fourth-order valence-electron chi connectivity index (χ4n) is 14.1. The first-order valence-corrected chi connectivity index (χ1v) is 33.5. The van der Waals surface area contributed by atoms with Crippen molar-refractivity contribution >= 4 is 35.5 Å². The number of Topliss-reactive ketones (excluding diaryl/α,β-unsaturated/α-hetero) is 2. The summed E-state index contributed by atoms with van der Waals surface area (Å²) < 4.78 is 48.7. The van der Waals surface area contributed by atoms with Gasteiger partial charge in [0.15, 0.2) is 5.78 Å². The topological polar surface area (TPSA) is 238 Å². The Hall–Kier alpha value is -4.97. The molecule has 1 aromatic heterocycles. The molecule has 6 heterocycles. The molecule has 4 fully saturated rings. The number of hydrogen-bond acceptors (Lipinski definition) is 19. The number of fused-ring (bicyclic) bond motifs is 4. The van der Waals surface area contributed by atoms with Gasteiger partial charge in [0.2, 0.25) is 11.7 Å². The van der Waals surface area contributed by atoms with Crippen LogP contribution in [0.2, 0.25) is 0 Å². The molecule has 0 spiro atoms. The highest BCUT2D eigenvalue weighted by Crippen LogP contribution is 2.39. The first-order chi connectivity index (χ1) is 43.1. The van der Waals surface area contributed by atoms with E-state index >= 15 is 0 Å². The van der Waals surface area contributed by atoms with E-state index in [-0.39, 0.29) is 48.8 Å². The number of piperazine rings is 1. The minimum atomic E-state index is -2.44. The van der Waals surface area contributed by atoms with Crippen LogP contribution >= 0.6 is 0 Å². The first-order valence-electron chi connectivity index (χ1n) is 33.5. The Morgan fingerprint density at radius 1 is 0.811 bits per heavy atom. The summed E-state index contributed by atoms with van der Waals surface area (Å²) in [5.41, 5.74) is 3.25. The van der Waals surface area contributed by atoms with Crippen LogP contribution in [-0.4, -0.2) is 213 Å². The molecule has 0 unspecified atom stereocenters. The number of methoxy groups -OCH3 is 4. The van der Waals surface area contributed by atoms with Crippen molar-refractivity contribution in [2.75, 3.05) is 92.4 Å². The Kier molecular flexibility index (Phi) is 28.0. The van der Waals surface area contributed by atoms with Gasteiger partial charge in [0.05, 0.1) is 43.3 Å². The molecule has 2 amide bonds. The predicted molar refractivity (Wildman–Crippen MR) is 341 cm³/mol. The zero-order valence-electron chi connectivity index (χ0n) is 56.1. The summed E-state index contributed by atoms with van der Waals surface area (Å²) in [6.07, 6.45) is 14.8. The molecule has 0 aromatic carbocycles. The molecule has 1 aromatic rings. The number of esters is 1. The van der Waals surface area contributed by atoms with Crippen LogP contribution in [0.5, 0.6) is 0 Å². The number of aliphatic hydroxyl groups excluding tert-OH is 1. The Bertz CT molecular complexity index is 2640. The lowest BCUT2D eigenvalue weighted by atomic mass is 9.78. The molecular weight excluding hydrogens is 1150 g/mol. The van der Waals surface area contributed by atoms with E-state index in [1.165, 1.54) is 12.0 Å². The summed E-state index contributed by atoms with van der Waals surface area (Å²) in [6.45, 7) is 22.2. The molecule has 7 rings (SSSR count). The molecule has 1 saturated carbocycles. The number of cyclic esters (lactones) is 1. The van der Waals surface area contributed by atoms with Crippen molar-refractivity contribution in [1.82, 2.24) is 24.7 Å². The van der Waals surface area contributed by atoms with Gasteiger partial charge in [-0.15, -0.1) is 0 Å². The summed E-state index contributed by atoms with van der Waals surface area (Å²) >= 11 is 0. The fraction of sp³-hybridized carbons (Fsp3) is 0.754. The van der Waals surface area contributed by atoms with Gasteiger partial charge in [-0.05, 0) is 113 Å². The maximum absolute atomic E-state index is 14.9. The summed E-state index contributed by atoms with van der Waals surface area (Å²) in [5, 5.41) is 23.9. The normalized spacial score (nSPS) is 35.2. The van der Waals surface area contributed by atoms with E-state index in [9.17, 15) is 34.2 Å². The van der Waals surface area contributed by atoms with Gasteiger partial charge in [0.25, 0.3) is 11.7 Å². The van der Waals surface area contributed by atoms with E-state index in [0.29, 0.717) is 89.3 Å². The number of nitrogens with zero attached hydrogens (tertiary/aromatic N) is 6. The van der Waals surface area contributed by atoms with Gasteiger partial charge in [-0.1, -0.05) is 78.0 Å². The Balaban J connectivity index is 1.07. The van der Waals surface area contributed by atoms with Gasteiger partial charge in [-0.3, -0.25) is 19.3 Å². The van der Waals surface area contributed by atoms with Gasteiger partial charge in [0.1, 0.15) is 30.5 Å². The molecule has 1 aliphatic carbocycles. The minimum absolute atomic E-state index is 0.0239. The van der Waals surface area contributed by atoms with Crippen molar-refractivity contribution < 1.29 is 72.1 Å². The van der Waals surface area contributed by atoms with E-state index in [4.69, 9.17) is 47.9 Å². The SMILES string of the molecule is CCCOCCN1CCN(c2ncc3c(n2)CCN(C(=O)O[C@@H]2CC[C@@H](C[C@@H](C)[C@@H]4C[C@@H](OC)[C@H](C)/C=C(\C)[C@@H](O)[C@@H](OC)C(=O)[C@H](C)C[C@H](C)/C=C/C=C/C=C(\C)[C@@H](OC)C[C@@H]5CC[C@@H](C)[C@@](O)(O5)C(=O)C(=O)N5CCCC[C@H]5C(=O)O4)C[C@H]2OC)C3)CC1. The maximum atomic E-state index is 14.9. The van der Waals surface area contributed by atoms with Crippen molar-refractivity contribution in [2.24, 2.45) is 35.5 Å². The molecule has 3 saturated heterocycles. The summed E-state index contributed by atoms with van der Waals surface area (Å²) in [6, 6.07) is -1.12. The van der Waals surface area contributed by atoms with Crippen LogP contribution in [0.1, 0.15) is 150 Å². The number of rotatable bonds is 14. The smallest absolute Gasteiger partial charge is 0.410 e. The third-order valence-corrected chi connectivity index (χ3v) is 19.9. The number of piperidine rings is 1. The first kappa shape index (κ1) is 72.5. The molecular formula is C69H108N6O15. The fourth-order valence-corrected chi connectivity index (χ4v) is 14.1. The predicted octanol–water partition coefficient (Wildman–Crippen LogP) is 8.17. The number of carbonyl (C=O) groups is 5. The molecule has 2 N–H and O–H groups in total. The number of carbonyl (C=O) groups excluding carboxylic acids is 5. The van der Waals surface area contributed by atoms with E-state index in [1.807, 2.05) is 77.3 Å². The standard InChI is InChI=1S/C69H108N6O15/c1-13-34-87-35-33-72-29-31-73(32-30-72)67-70-42-52-43-74(28-26-54(52)71-67)68(81)89-56-25-23-51(39-60(56)85-11)38-47(5)59-41-58(84-10)46(4)37-49(7)62(77)63(86-12)61(76)48(6)36-44(2)19-15-14-16-20-45(3)57(83-9)40-53-24-22-50(8)69(82,90-53)64(78)65(79)75-27-18-17-21-55(75)66(80)88-59/h14-16,19-20,37,42,44,46-48,50-51,53,55-60,62-63,77,82H,13,17-18,21-36,38-41,43H2,1-12H3/b16-14+,19-15+,45-20+,49-37+/t44-,46-,47-,48-,50-,51+,53+,55+,56-,57+,58-,59+,60-,62-,63+,69-/m1/s1. The maximum Gasteiger partial charge on any atom is 0.410 e. The lowest BCUT2D eigenvalue weighted by Gasteiger charge is -2.43. The molecule has 6 aliphatic rings. The number of ketones is 2. The zero-order chi connectivity index (χ0) is 65.2. The van der Waals surface area contributed by atoms with E-state index in [2.05, 4.69) is 16.7 Å². The second-order valence-corrected chi connectivity index (χ2v) is 26.6. The summed E-state index contributed by atoms with van der Waals surface area (Å²) in [5.74, 6) is -6.40. The van der Waals surface area contributed by atoms with Gasteiger partial charge in [-0.25, -0.2) is 19.6 Å². The van der Waals surface area contributed by atoms with Crippen molar-refractivity contribution in [2.45, 2.75) is 212 Å². The van der Waals surface area contributed by atoms with Crippen LogP contribution < -0.4 is 4.90 Å². The highest BCUT2D eigenvalue weighted by atomic mass is 16.6. The molecule has 21 heteroatoms. The van der Waals surface area contributed by atoms with E-state index in [0.717, 1.165) is 75.1 Å². The second-order valence-electron chi connectivity index (χ2n) is 26.6. The number of anilines is 1. The Morgan fingerprint density at radius 2 is 1.57 bits per heavy atom. The molecule has 90 heavy (non-hydrogen) atoms. The van der Waals surface area contributed by atoms with Crippen LogP contribution in [0.25, 0.3) is 0 Å². The van der Waals surface area contributed by atoms with Gasteiger partial charge in [-0.2, -0.15) is 0 Å². The quantitative estimate of drug-likeness (QED) is 0.0773. The third kappa shape index (κ3) is 19.1. The van der Waals surface area contributed by atoms with E-state index < -0.39 is 96.2 Å². The summed E-state index contributed by atoms with van der Waals surface area (Å²) in [7, 11) is 6.23. The average Bonchev–Trinajstić information content (AvgIpc) is 1.35. The highest BCUT2D eigenvalue weighted by Gasteiger charge is 2.53. The van der Waals surface area contributed by atoms with Crippen LogP contribution in [0.3, 0.4) is 0 Å². The lowest BCUT2D eigenvalue weighted by Crippen LogP contribution is -2.61. The van der Waals surface area contributed by atoms with Crippen molar-refractivity contribution in [1.29, 1.82) is 0 Å². The van der Waals surface area contributed by atoms with Crippen LogP contribution in [-0.2, 0) is 70.0 Å². The van der Waals surface area contributed by atoms with Crippen molar-refractivity contribution in [3.63, 3.8) is 0 Å². The van der Waals surface area contributed by atoms with Crippen molar-refractivity contribution in [3.05, 3.63) is 65.1 Å². The lowest BCUT2D eigenvalue weighted by molar-refractivity contribution is -0.265. The molecule has 2 bridgehead atoms. The van der Waals surface area contributed by atoms with Crippen molar-refractivity contribution in [3.8, 4) is 0 Å². The number of aliphatic hydroxyl groups is 2. The molecule has 504 valence electrons. The van der Waals surface area contributed by atoms with Gasteiger partial charge < -0.3 is 62.8 Å². The largest absolute Gasteiger partial charge is 0.460 e. The number of aromatic nitrogens is 2. The minimum Gasteiger partial charge on any atom is -0.460 e. The van der Waals surface area contributed by atoms with Gasteiger partial charge in [0, 0.05) is 130 Å². The molecule has 21 nitrogen and oxygen atoms in total.